The summed E-state index contributed by atoms with van der Waals surface area (Å²) in [7, 11) is 0. The summed E-state index contributed by atoms with van der Waals surface area (Å²) >= 11 is 0. The fourth-order valence-electron chi connectivity index (χ4n) is 4.97. The van der Waals surface area contributed by atoms with Crippen molar-refractivity contribution < 1.29 is 9.53 Å². The third-order valence-corrected chi connectivity index (χ3v) is 6.02. The average molecular weight is 293 g/mol. The van der Waals surface area contributed by atoms with Gasteiger partial charge >= 0.3 is 0 Å². The van der Waals surface area contributed by atoms with Crippen molar-refractivity contribution in [1.82, 2.24) is 5.32 Å². The molecule has 3 fully saturated rings. The number of hydrogen-bond acceptors (Lipinski definition) is 3. The molecule has 3 aliphatic rings. The highest BCUT2D eigenvalue weighted by Crippen LogP contribution is 2.43. The van der Waals surface area contributed by atoms with Crippen molar-refractivity contribution in [1.29, 1.82) is 0 Å². The van der Waals surface area contributed by atoms with Crippen LogP contribution in [0, 0.1) is 5.92 Å². The monoisotopic (exact) mass is 293 g/mol. The molecule has 3 heteroatoms. The maximum absolute atomic E-state index is 13.2. The summed E-state index contributed by atoms with van der Waals surface area (Å²) in [5, 5.41) is 3.57. The molecule has 3 rings (SSSR count). The number of ketones is 1. The van der Waals surface area contributed by atoms with E-state index in [1.165, 1.54) is 32.1 Å². The lowest BCUT2D eigenvalue weighted by Gasteiger charge is -2.45. The first-order valence-corrected chi connectivity index (χ1v) is 9.13. The van der Waals surface area contributed by atoms with E-state index >= 15 is 0 Å². The van der Waals surface area contributed by atoms with Gasteiger partial charge in [-0.2, -0.15) is 0 Å². The summed E-state index contributed by atoms with van der Waals surface area (Å²) in [5.74, 6) is 0.740. The van der Waals surface area contributed by atoms with Crippen LogP contribution >= 0.6 is 0 Å². The van der Waals surface area contributed by atoms with Crippen molar-refractivity contribution in [3.05, 3.63) is 0 Å². The Morgan fingerprint density at radius 2 is 2.00 bits per heavy atom. The molecule has 0 bridgehead atoms. The lowest BCUT2D eigenvalue weighted by atomic mass is 9.71. The van der Waals surface area contributed by atoms with Crippen LogP contribution < -0.4 is 5.32 Å². The van der Waals surface area contributed by atoms with Crippen LogP contribution in [-0.2, 0) is 9.53 Å². The molecule has 120 valence electrons. The average Bonchev–Trinajstić information content (AvgIpc) is 2.97. The van der Waals surface area contributed by atoms with E-state index < -0.39 is 0 Å². The van der Waals surface area contributed by atoms with Crippen LogP contribution in [0.3, 0.4) is 0 Å². The van der Waals surface area contributed by atoms with E-state index in [0.717, 1.165) is 51.7 Å². The molecule has 2 unspecified atom stereocenters. The Morgan fingerprint density at radius 1 is 1.19 bits per heavy atom. The molecule has 21 heavy (non-hydrogen) atoms. The second-order valence-corrected chi connectivity index (χ2v) is 7.51. The Bertz CT molecular complexity index is 362. The number of Topliss-reactive ketones (excluding diaryl/α,β-unsaturated/α-hetero) is 1. The zero-order valence-electron chi connectivity index (χ0n) is 13.6. The van der Waals surface area contributed by atoms with Crippen molar-refractivity contribution in [2.24, 2.45) is 5.92 Å². The smallest absolute Gasteiger partial charge is 0.156 e. The zero-order chi connectivity index (χ0) is 14.8. The van der Waals surface area contributed by atoms with E-state index in [4.69, 9.17) is 4.74 Å². The maximum Gasteiger partial charge on any atom is 0.156 e. The first-order valence-electron chi connectivity index (χ1n) is 9.13. The van der Waals surface area contributed by atoms with Gasteiger partial charge in [0.1, 0.15) is 0 Å². The van der Waals surface area contributed by atoms with Crippen molar-refractivity contribution in [2.45, 2.75) is 88.7 Å². The predicted molar refractivity (Wildman–Crippen MR) is 84.4 cm³/mol. The van der Waals surface area contributed by atoms with Crippen LogP contribution in [-0.4, -0.2) is 30.1 Å². The fourth-order valence-corrected chi connectivity index (χ4v) is 4.97. The molecule has 2 heterocycles. The molecule has 1 spiro atoms. The van der Waals surface area contributed by atoms with Crippen molar-refractivity contribution in [3.63, 3.8) is 0 Å². The minimum Gasteiger partial charge on any atom is -0.375 e. The van der Waals surface area contributed by atoms with Gasteiger partial charge in [0.05, 0.1) is 11.1 Å². The van der Waals surface area contributed by atoms with Gasteiger partial charge in [0.15, 0.2) is 5.78 Å². The number of carbonyl (C=O) groups is 1. The molecule has 1 saturated carbocycles. The molecule has 0 radical (unpaired) electrons. The molecule has 0 aromatic carbocycles. The minimum absolute atomic E-state index is 0.0445. The van der Waals surface area contributed by atoms with Crippen LogP contribution in [0.4, 0.5) is 0 Å². The van der Waals surface area contributed by atoms with Gasteiger partial charge in [-0.05, 0) is 51.5 Å². The third kappa shape index (κ3) is 3.05. The Balaban J connectivity index is 1.71. The Hall–Kier alpha value is -0.410. The SMILES string of the molecule is CCCC1(C(=O)C2CCOC3(CCCCC3)C2)CCCN1. The molecule has 2 aliphatic heterocycles. The van der Waals surface area contributed by atoms with Gasteiger partial charge in [-0.25, -0.2) is 0 Å². The van der Waals surface area contributed by atoms with E-state index in [1.807, 2.05) is 0 Å². The molecule has 1 N–H and O–H groups in total. The number of ether oxygens (including phenoxy) is 1. The van der Waals surface area contributed by atoms with Gasteiger partial charge in [-0.3, -0.25) is 4.79 Å². The van der Waals surface area contributed by atoms with Gasteiger partial charge in [-0.1, -0.05) is 32.6 Å². The lowest BCUT2D eigenvalue weighted by Crippen LogP contribution is -2.53. The molecule has 0 aromatic heterocycles. The third-order valence-electron chi connectivity index (χ3n) is 6.02. The number of nitrogens with one attached hydrogen (secondary N) is 1. The normalized spacial score (nSPS) is 36.0. The molecule has 0 aromatic rings. The van der Waals surface area contributed by atoms with E-state index in [-0.39, 0.29) is 17.1 Å². The minimum atomic E-state index is -0.202. The highest BCUT2D eigenvalue weighted by Gasteiger charge is 2.47. The Kier molecular flexibility index (Phi) is 4.70. The molecule has 3 nitrogen and oxygen atoms in total. The maximum atomic E-state index is 13.2. The summed E-state index contributed by atoms with van der Waals surface area (Å²) in [4.78, 5) is 13.2. The number of hydrogen-bond donors (Lipinski definition) is 1. The molecule has 2 saturated heterocycles. The van der Waals surface area contributed by atoms with Crippen molar-refractivity contribution in [3.8, 4) is 0 Å². The summed E-state index contributed by atoms with van der Waals surface area (Å²) in [6, 6.07) is 0. The quantitative estimate of drug-likeness (QED) is 0.860. The largest absolute Gasteiger partial charge is 0.375 e. The summed E-state index contributed by atoms with van der Waals surface area (Å²) in [6.07, 6.45) is 12.5. The summed E-state index contributed by atoms with van der Waals surface area (Å²) < 4.78 is 6.17. The van der Waals surface area contributed by atoms with Crippen LogP contribution in [0.5, 0.6) is 0 Å². The van der Waals surface area contributed by atoms with Gasteiger partial charge in [-0.15, -0.1) is 0 Å². The fraction of sp³-hybridized carbons (Fsp3) is 0.944. The molecule has 0 amide bonds. The molecular weight excluding hydrogens is 262 g/mol. The highest BCUT2D eigenvalue weighted by molar-refractivity contribution is 5.91. The predicted octanol–water partition coefficient (Wildman–Crippen LogP) is 3.61. The van der Waals surface area contributed by atoms with Crippen LogP contribution in [0.15, 0.2) is 0 Å². The lowest BCUT2D eigenvalue weighted by molar-refractivity contribution is -0.148. The topological polar surface area (TPSA) is 38.3 Å². The summed E-state index contributed by atoms with van der Waals surface area (Å²) in [6.45, 7) is 4.00. The first kappa shape index (κ1) is 15.5. The second kappa shape index (κ2) is 6.37. The van der Waals surface area contributed by atoms with E-state index in [9.17, 15) is 4.79 Å². The standard InChI is InChI=1S/C18H31NO2/c1-2-8-18(11-6-12-19-18)16(20)15-7-13-21-17(14-15)9-4-3-5-10-17/h15,19H,2-14H2,1H3. The van der Waals surface area contributed by atoms with Crippen LogP contribution in [0.2, 0.25) is 0 Å². The molecule has 2 atom stereocenters. The van der Waals surface area contributed by atoms with Gasteiger partial charge in [0.2, 0.25) is 0 Å². The van der Waals surface area contributed by atoms with Crippen LogP contribution in [0.1, 0.15) is 77.6 Å². The molecule has 1 aliphatic carbocycles. The van der Waals surface area contributed by atoms with E-state index in [0.29, 0.717) is 5.78 Å². The zero-order valence-corrected chi connectivity index (χ0v) is 13.6. The van der Waals surface area contributed by atoms with Crippen LogP contribution in [0.25, 0.3) is 0 Å². The van der Waals surface area contributed by atoms with E-state index in [2.05, 4.69) is 12.2 Å². The van der Waals surface area contributed by atoms with Crippen molar-refractivity contribution in [2.75, 3.05) is 13.2 Å². The Labute approximate surface area is 129 Å². The molecular formula is C18H31NO2. The van der Waals surface area contributed by atoms with Gasteiger partial charge in [0, 0.05) is 12.5 Å². The summed E-state index contributed by atoms with van der Waals surface area (Å²) in [5.41, 5.74) is -0.157. The number of carbonyl (C=O) groups excluding carboxylic acids is 1. The van der Waals surface area contributed by atoms with Gasteiger partial charge in [0.25, 0.3) is 0 Å². The second-order valence-electron chi connectivity index (χ2n) is 7.51. The van der Waals surface area contributed by atoms with E-state index in [1.54, 1.807) is 0 Å². The highest BCUT2D eigenvalue weighted by atomic mass is 16.5. The number of rotatable bonds is 4. The Morgan fingerprint density at radius 3 is 2.67 bits per heavy atom. The first-order chi connectivity index (χ1) is 10.2. The van der Waals surface area contributed by atoms with Gasteiger partial charge < -0.3 is 10.1 Å². The van der Waals surface area contributed by atoms with Crippen molar-refractivity contribution >= 4 is 5.78 Å².